The van der Waals surface area contributed by atoms with E-state index in [4.69, 9.17) is 9.39 Å². The van der Waals surface area contributed by atoms with Crippen LogP contribution in [0.1, 0.15) is 0 Å². The highest BCUT2D eigenvalue weighted by Gasteiger charge is 2.26. The molecule has 1 unspecified atom stereocenters. The zero-order valence-corrected chi connectivity index (χ0v) is 11.5. The van der Waals surface area contributed by atoms with E-state index in [-0.39, 0.29) is 6.29 Å². The smallest absolute Gasteiger partial charge is 0.313 e. The topological polar surface area (TPSA) is 85.6 Å². The third kappa shape index (κ3) is 2.26. The van der Waals surface area contributed by atoms with Crippen molar-refractivity contribution in [2.75, 3.05) is 0 Å². The quantitative estimate of drug-likeness (QED) is 0.585. The van der Waals surface area contributed by atoms with E-state index in [0.717, 1.165) is 10.8 Å². The number of hydrogen-bond donors (Lipinski definition) is 1. The van der Waals surface area contributed by atoms with Gasteiger partial charge in [-0.2, -0.15) is 13.1 Å². The highest BCUT2D eigenvalue weighted by Crippen LogP contribution is 2.28. The lowest BCUT2D eigenvalue weighted by atomic mass is 10.2. The molecule has 1 heterocycles. The lowest BCUT2D eigenvalue weighted by molar-refractivity contribution is -0.113. The van der Waals surface area contributed by atoms with Gasteiger partial charge < -0.3 is 4.84 Å². The van der Waals surface area contributed by atoms with E-state index in [0.29, 0.717) is 11.0 Å². The Morgan fingerprint density at radius 2 is 1.48 bits per heavy atom. The summed E-state index contributed by atoms with van der Waals surface area (Å²) >= 11 is 0. The van der Waals surface area contributed by atoms with Gasteiger partial charge in [-0.15, -0.1) is 0 Å². The van der Waals surface area contributed by atoms with Gasteiger partial charge >= 0.3 is 15.6 Å². The predicted molar refractivity (Wildman–Crippen MR) is 77.4 cm³/mol. The minimum Gasteiger partial charge on any atom is -0.383 e. The van der Waals surface area contributed by atoms with Gasteiger partial charge in [0.05, 0.1) is 11.0 Å². The van der Waals surface area contributed by atoms with Crippen LogP contribution in [0.25, 0.3) is 21.8 Å². The van der Waals surface area contributed by atoms with Crippen LogP contribution in [-0.4, -0.2) is 29.4 Å². The summed E-state index contributed by atoms with van der Waals surface area (Å²) in [5, 5.41) is 1.71. The van der Waals surface area contributed by atoms with E-state index in [1.807, 2.05) is 24.3 Å². The fourth-order valence-electron chi connectivity index (χ4n) is 2.25. The molecule has 1 atom stereocenters. The van der Waals surface area contributed by atoms with Gasteiger partial charge in [-0.25, -0.2) is 0 Å². The number of carbonyl (C=O) groups excluding carboxylic acids is 1. The van der Waals surface area contributed by atoms with Gasteiger partial charge in [-0.3, -0.25) is 9.35 Å². The fourth-order valence-corrected chi connectivity index (χ4v) is 2.59. The number of aldehydes is 1. The zero-order valence-electron chi connectivity index (χ0n) is 10.7. The number of hydrogen-bond acceptors (Lipinski definition) is 4. The van der Waals surface area contributed by atoms with Gasteiger partial charge in [0.15, 0.2) is 6.29 Å². The molecule has 7 heteroatoms. The molecule has 0 aliphatic rings. The van der Waals surface area contributed by atoms with E-state index in [9.17, 15) is 13.2 Å². The molecule has 1 N–H and O–H groups in total. The van der Waals surface area contributed by atoms with E-state index in [1.54, 1.807) is 24.3 Å². The summed E-state index contributed by atoms with van der Waals surface area (Å²) in [6, 6.07) is 14.4. The Labute approximate surface area is 120 Å². The maximum atomic E-state index is 11.1. The maximum absolute atomic E-state index is 11.1. The molecule has 0 aliphatic heterocycles. The standard InChI is InChI=1S/C14H11NO5S/c16-9-14(21(17,18)19)20-15-12-7-3-1-5-10(12)11-6-2-4-8-13(11)15/h1-9,14H,(H,17,18,19). The maximum Gasteiger partial charge on any atom is 0.313 e. The molecule has 0 bridgehead atoms. The first-order valence-corrected chi connectivity index (χ1v) is 7.59. The van der Waals surface area contributed by atoms with Crippen molar-refractivity contribution in [2.24, 2.45) is 0 Å². The van der Waals surface area contributed by atoms with Crippen LogP contribution < -0.4 is 4.84 Å². The minimum absolute atomic E-state index is 0.0406. The Kier molecular flexibility index (Phi) is 3.15. The minimum atomic E-state index is -4.64. The van der Waals surface area contributed by atoms with Crippen molar-refractivity contribution in [2.45, 2.75) is 5.44 Å². The van der Waals surface area contributed by atoms with Crippen molar-refractivity contribution < 1.29 is 22.6 Å². The van der Waals surface area contributed by atoms with Crippen LogP contribution in [0.3, 0.4) is 0 Å². The third-order valence-electron chi connectivity index (χ3n) is 3.15. The largest absolute Gasteiger partial charge is 0.383 e. The fraction of sp³-hybridized carbons (Fsp3) is 0.0714. The summed E-state index contributed by atoms with van der Waals surface area (Å²) in [5.74, 6) is 0. The molecule has 3 aromatic rings. The van der Waals surface area contributed by atoms with E-state index >= 15 is 0 Å². The number of para-hydroxylation sites is 2. The van der Waals surface area contributed by atoms with E-state index < -0.39 is 15.6 Å². The first-order chi connectivity index (χ1) is 10.0. The Morgan fingerprint density at radius 1 is 1.00 bits per heavy atom. The van der Waals surface area contributed by atoms with E-state index in [1.165, 1.54) is 4.73 Å². The molecule has 0 saturated heterocycles. The average molecular weight is 305 g/mol. The van der Waals surface area contributed by atoms with Crippen molar-refractivity contribution in [1.82, 2.24) is 4.73 Å². The molecule has 3 rings (SSSR count). The van der Waals surface area contributed by atoms with Crippen LogP contribution in [0.2, 0.25) is 0 Å². The van der Waals surface area contributed by atoms with Crippen molar-refractivity contribution in [3.63, 3.8) is 0 Å². The Hall–Kier alpha value is -2.38. The summed E-state index contributed by atoms with van der Waals surface area (Å²) in [7, 11) is -4.64. The normalized spacial score (nSPS) is 13.4. The van der Waals surface area contributed by atoms with Crippen molar-refractivity contribution in [3.05, 3.63) is 48.5 Å². The number of nitrogens with zero attached hydrogens (tertiary/aromatic N) is 1. The van der Waals surface area contributed by atoms with Crippen molar-refractivity contribution in [3.8, 4) is 0 Å². The molecule has 0 fully saturated rings. The molecule has 1 aromatic heterocycles. The second-order valence-electron chi connectivity index (χ2n) is 4.45. The summed E-state index contributed by atoms with van der Waals surface area (Å²) in [6.45, 7) is 0. The molecule has 0 radical (unpaired) electrons. The number of fused-ring (bicyclic) bond motifs is 3. The average Bonchev–Trinajstić information content (AvgIpc) is 2.78. The summed E-state index contributed by atoms with van der Waals surface area (Å²) in [6.07, 6.45) is 0.0406. The zero-order chi connectivity index (χ0) is 15.0. The van der Waals surface area contributed by atoms with Crippen LogP contribution in [-0.2, 0) is 14.9 Å². The van der Waals surface area contributed by atoms with Crippen LogP contribution in [0.5, 0.6) is 0 Å². The molecule has 0 saturated carbocycles. The van der Waals surface area contributed by atoms with Crippen molar-refractivity contribution >= 4 is 38.2 Å². The van der Waals surface area contributed by atoms with Gasteiger partial charge in [0.25, 0.3) is 0 Å². The summed E-state index contributed by atoms with van der Waals surface area (Å²) < 4.78 is 32.6. The second-order valence-corrected chi connectivity index (χ2v) is 5.95. The van der Waals surface area contributed by atoms with Crippen LogP contribution >= 0.6 is 0 Å². The number of benzene rings is 2. The molecule has 2 aromatic carbocycles. The summed E-state index contributed by atoms with van der Waals surface area (Å²) in [5.41, 5.74) is -0.764. The van der Waals surface area contributed by atoms with Crippen LogP contribution in [0.4, 0.5) is 0 Å². The van der Waals surface area contributed by atoms with Gasteiger partial charge in [-0.1, -0.05) is 36.4 Å². The van der Waals surface area contributed by atoms with Crippen molar-refractivity contribution in [1.29, 1.82) is 0 Å². The number of rotatable bonds is 4. The Morgan fingerprint density at radius 3 is 1.90 bits per heavy atom. The van der Waals surface area contributed by atoms with Crippen LogP contribution in [0.15, 0.2) is 48.5 Å². The predicted octanol–water partition coefficient (Wildman–Crippen LogP) is 1.64. The molecule has 6 nitrogen and oxygen atoms in total. The monoisotopic (exact) mass is 305 g/mol. The molecule has 21 heavy (non-hydrogen) atoms. The van der Waals surface area contributed by atoms with Crippen LogP contribution in [0, 0.1) is 0 Å². The van der Waals surface area contributed by atoms with Gasteiger partial charge in [0.2, 0.25) is 0 Å². The molecule has 0 spiro atoms. The molecular formula is C14H11NO5S. The lowest BCUT2D eigenvalue weighted by Gasteiger charge is -2.13. The second kappa shape index (κ2) is 4.87. The lowest BCUT2D eigenvalue weighted by Crippen LogP contribution is -2.33. The first-order valence-electron chi connectivity index (χ1n) is 6.09. The molecule has 0 amide bonds. The Balaban J connectivity index is 2.27. The molecule has 0 aliphatic carbocycles. The third-order valence-corrected chi connectivity index (χ3v) is 3.93. The first kappa shape index (κ1) is 13.6. The van der Waals surface area contributed by atoms with Gasteiger partial charge in [0.1, 0.15) is 0 Å². The highest BCUT2D eigenvalue weighted by molar-refractivity contribution is 7.87. The molecular weight excluding hydrogens is 294 g/mol. The highest BCUT2D eigenvalue weighted by atomic mass is 32.2. The van der Waals surface area contributed by atoms with E-state index in [2.05, 4.69) is 0 Å². The molecule has 108 valence electrons. The SMILES string of the molecule is O=CC(On1c2ccccc2c2ccccc21)S(=O)(=O)O. The number of carbonyl (C=O) groups is 1. The Bertz CT molecular complexity index is 876. The van der Waals surface area contributed by atoms with Gasteiger partial charge in [-0.05, 0) is 12.1 Å². The summed E-state index contributed by atoms with van der Waals surface area (Å²) in [4.78, 5) is 16.1. The van der Waals surface area contributed by atoms with Gasteiger partial charge in [0, 0.05) is 10.8 Å². The number of aromatic nitrogens is 1.